The Labute approximate surface area is 158 Å². The van der Waals surface area contributed by atoms with Crippen molar-refractivity contribution < 1.29 is 13.2 Å². The van der Waals surface area contributed by atoms with Gasteiger partial charge in [0.2, 0.25) is 0 Å². The fourth-order valence-electron chi connectivity index (χ4n) is 3.81. The normalized spacial score (nSPS) is 19.5. The average Bonchev–Trinajstić information content (AvgIpc) is 3.06. The zero-order valence-electron chi connectivity index (χ0n) is 15.3. The standard InChI is InChI=1S/C19H18F3N5O/c1-11-23-14(10-16(28)24-11)17-15-4-3-9-18(2,27(15)26-25-17)12-5-7-13(8-6-12)19(20,21)22/h5-8,10H,3-4,9H2,1-2H3,(H,23,24,28)/t18-/m0/s1. The van der Waals surface area contributed by atoms with E-state index in [1.54, 1.807) is 11.6 Å². The van der Waals surface area contributed by atoms with Gasteiger partial charge in [0, 0.05) is 6.07 Å². The zero-order chi connectivity index (χ0) is 20.1. The molecule has 1 aliphatic rings. The van der Waals surface area contributed by atoms with Crippen LogP contribution in [-0.4, -0.2) is 25.0 Å². The molecule has 1 aromatic carbocycles. The molecule has 3 aromatic rings. The third-order valence-corrected chi connectivity index (χ3v) is 5.24. The van der Waals surface area contributed by atoms with E-state index in [1.807, 2.05) is 6.92 Å². The van der Waals surface area contributed by atoms with Crippen molar-refractivity contribution in [2.45, 2.75) is 44.8 Å². The second kappa shape index (κ2) is 6.29. The highest BCUT2D eigenvalue weighted by Gasteiger charge is 2.38. The van der Waals surface area contributed by atoms with Gasteiger partial charge in [-0.3, -0.25) is 4.79 Å². The summed E-state index contributed by atoms with van der Waals surface area (Å²) in [6.07, 6.45) is -2.14. The Morgan fingerprint density at radius 2 is 1.93 bits per heavy atom. The molecule has 0 radical (unpaired) electrons. The van der Waals surface area contributed by atoms with E-state index < -0.39 is 17.3 Å². The zero-order valence-corrected chi connectivity index (χ0v) is 15.3. The fraction of sp³-hybridized carbons (Fsp3) is 0.368. The van der Waals surface area contributed by atoms with Crippen LogP contribution in [0.3, 0.4) is 0 Å². The maximum absolute atomic E-state index is 12.9. The minimum absolute atomic E-state index is 0.273. The molecular formula is C19H18F3N5O. The molecule has 0 spiro atoms. The lowest BCUT2D eigenvalue weighted by Crippen LogP contribution is -2.37. The van der Waals surface area contributed by atoms with E-state index in [2.05, 4.69) is 20.3 Å². The first-order valence-electron chi connectivity index (χ1n) is 8.89. The van der Waals surface area contributed by atoms with Gasteiger partial charge in [0.15, 0.2) is 0 Å². The van der Waals surface area contributed by atoms with Crippen molar-refractivity contribution in [1.82, 2.24) is 25.0 Å². The number of rotatable bonds is 2. The van der Waals surface area contributed by atoms with Crippen LogP contribution in [0.2, 0.25) is 0 Å². The largest absolute Gasteiger partial charge is 0.416 e. The number of hydrogen-bond donors (Lipinski definition) is 1. The molecule has 6 nitrogen and oxygen atoms in total. The lowest BCUT2D eigenvalue weighted by atomic mass is 9.83. The lowest BCUT2D eigenvalue weighted by molar-refractivity contribution is -0.137. The summed E-state index contributed by atoms with van der Waals surface area (Å²) in [5.74, 6) is 0.477. The topological polar surface area (TPSA) is 76.5 Å². The van der Waals surface area contributed by atoms with Gasteiger partial charge >= 0.3 is 6.18 Å². The monoisotopic (exact) mass is 389 g/mol. The van der Waals surface area contributed by atoms with Gasteiger partial charge < -0.3 is 4.98 Å². The molecule has 4 rings (SSSR count). The molecule has 0 fully saturated rings. The van der Waals surface area contributed by atoms with Crippen LogP contribution in [0.5, 0.6) is 0 Å². The summed E-state index contributed by atoms with van der Waals surface area (Å²) in [4.78, 5) is 18.7. The maximum atomic E-state index is 12.9. The van der Waals surface area contributed by atoms with Crippen molar-refractivity contribution in [2.24, 2.45) is 0 Å². The van der Waals surface area contributed by atoms with Crippen LogP contribution in [0, 0.1) is 6.92 Å². The summed E-state index contributed by atoms with van der Waals surface area (Å²) in [5.41, 5.74) is 0.952. The molecule has 0 amide bonds. The molecular weight excluding hydrogens is 371 g/mol. The summed E-state index contributed by atoms with van der Waals surface area (Å²) >= 11 is 0. The third kappa shape index (κ3) is 3.00. The van der Waals surface area contributed by atoms with Crippen molar-refractivity contribution in [3.63, 3.8) is 0 Å². The van der Waals surface area contributed by atoms with Crippen LogP contribution in [0.4, 0.5) is 13.2 Å². The van der Waals surface area contributed by atoms with Gasteiger partial charge in [-0.1, -0.05) is 17.3 Å². The molecule has 1 N–H and O–H groups in total. The van der Waals surface area contributed by atoms with Crippen LogP contribution < -0.4 is 5.56 Å². The van der Waals surface area contributed by atoms with Crippen LogP contribution in [0.15, 0.2) is 35.1 Å². The first kappa shape index (κ1) is 18.4. The molecule has 0 bridgehead atoms. The second-order valence-electron chi connectivity index (χ2n) is 7.22. The predicted octanol–water partition coefficient (Wildman–Crippen LogP) is 3.46. The van der Waals surface area contributed by atoms with Gasteiger partial charge in [0.05, 0.1) is 16.8 Å². The molecule has 0 saturated heterocycles. The Bertz CT molecular complexity index is 1080. The van der Waals surface area contributed by atoms with E-state index in [1.165, 1.54) is 18.2 Å². The Morgan fingerprint density at radius 1 is 1.21 bits per heavy atom. The van der Waals surface area contributed by atoms with E-state index in [0.29, 0.717) is 23.6 Å². The predicted molar refractivity (Wildman–Crippen MR) is 95.7 cm³/mol. The first-order valence-corrected chi connectivity index (χ1v) is 8.89. The molecule has 2 aromatic heterocycles. The van der Waals surface area contributed by atoms with E-state index in [9.17, 15) is 18.0 Å². The van der Waals surface area contributed by atoms with E-state index in [-0.39, 0.29) is 5.56 Å². The summed E-state index contributed by atoms with van der Waals surface area (Å²) in [5, 5.41) is 8.53. The maximum Gasteiger partial charge on any atom is 0.416 e. The Balaban J connectivity index is 1.79. The van der Waals surface area contributed by atoms with E-state index >= 15 is 0 Å². The van der Waals surface area contributed by atoms with Crippen molar-refractivity contribution in [1.29, 1.82) is 0 Å². The molecule has 0 aliphatic carbocycles. The Morgan fingerprint density at radius 3 is 2.57 bits per heavy atom. The minimum Gasteiger partial charge on any atom is -0.311 e. The summed E-state index contributed by atoms with van der Waals surface area (Å²) < 4.78 is 40.4. The number of nitrogens with one attached hydrogen (secondary N) is 1. The SMILES string of the molecule is Cc1nc(-c2nnn3c2CCC[C@@]3(C)c2ccc(C(F)(F)F)cc2)cc(=O)[nH]1. The number of alkyl halides is 3. The van der Waals surface area contributed by atoms with Gasteiger partial charge in [-0.25, -0.2) is 9.67 Å². The molecule has 146 valence electrons. The van der Waals surface area contributed by atoms with Crippen LogP contribution in [0.25, 0.3) is 11.4 Å². The Kier molecular flexibility index (Phi) is 4.13. The van der Waals surface area contributed by atoms with Crippen LogP contribution >= 0.6 is 0 Å². The van der Waals surface area contributed by atoms with Crippen molar-refractivity contribution in [2.75, 3.05) is 0 Å². The van der Waals surface area contributed by atoms with Gasteiger partial charge in [0.25, 0.3) is 5.56 Å². The number of benzene rings is 1. The quantitative estimate of drug-likeness (QED) is 0.728. The minimum atomic E-state index is -4.37. The highest BCUT2D eigenvalue weighted by molar-refractivity contribution is 5.57. The summed E-state index contributed by atoms with van der Waals surface area (Å²) in [6.45, 7) is 3.63. The number of hydrogen-bond acceptors (Lipinski definition) is 4. The fourth-order valence-corrected chi connectivity index (χ4v) is 3.81. The smallest absolute Gasteiger partial charge is 0.311 e. The number of aryl methyl sites for hydroxylation is 1. The van der Waals surface area contributed by atoms with Crippen LogP contribution in [-0.2, 0) is 18.1 Å². The van der Waals surface area contributed by atoms with Gasteiger partial charge in [-0.15, -0.1) is 5.10 Å². The number of aromatic amines is 1. The molecule has 0 unspecified atom stereocenters. The second-order valence-corrected chi connectivity index (χ2v) is 7.22. The van der Waals surface area contributed by atoms with Crippen molar-refractivity contribution >= 4 is 0 Å². The highest BCUT2D eigenvalue weighted by atomic mass is 19.4. The van der Waals surface area contributed by atoms with E-state index in [4.69, 9.17) is 0 Å². The van der Waals surface area contributed by atoms with Crippen molar-refractivity contribution in [3.8, 4) is 11.4 Å². The summed E-state index contributed by atoms with van der Waals surface area (Å²) in [6, 6.07) is 6.55. The van der Waals surface area contributed by atoms with E-state index in [0.717, 1.165) is 36.2 Å². The number of nitrogens with zero attached hydrogens (tertiary/aromatic N) is 4. The number of halogens is 3. The van der Waals surface area contributed by atoms with Gasteiger partial charge in [0.1, 0.15) is 17.2 Å². The molecule has 9 heteroatoms. The molecule has 3 heterocycles. The van der Waals surface area contributed by atoms with Gasteiger partial charge in [-0.05, 0) is 50.8 Å². The highest BCUT2D eigenvalue weighted by Crippen LogP contribution is 2.39. The number of aromatic nitrogens is 5. The third-order valence-electron chi connectivity index (χ3n) is 5.24. The number of fused-ring (bicyclic) bond motifs is 1. The lowest BCUT2D eigenvalue weighted by Gasteiger charge is -2.35. The van der Waals surface area contributed by atoms with Crippen molar-refractivity contribution in [3.05, 3.63) is 63.3 Å². The molecule has 0 saturated carbocycles. The van der Waals surface area contributed by atoms with Gasteiger partial charge in [-0.2, -0.15) is 13.2 Å². The molecule has 1 aliphatic heterocycles. The van der Waals surface area contributed by atoms with Crippen LogP contribution in [0.1, 0.15) is 42.4 Å². The number of H-pyrrole nitrogens is 1. The average molecular weight is 389 g/mol. The Hall–Kier alpha value is -2.97. The first-order chi connectivity index (χ1) is 13.2. The molecule has 1 atom stereocenters. The summed E-state index contributed by atoms with van der Waals surface area (Å²) in [7, 11) is 0. The molecule has 28 heavy (non-hydrogen) atoms.